The van der Waals surface area contributed by atoms with Gasteiger partial charge in [0.05, 0.1) is 6.61 Å². The van der Waals surface area contributed by atoms with Crippen molar-refractivity contribution >= 4 is 6.09 Å². The van der Waals surface area contributed by atoms with E-state index in [0.29, 0.717) is 12.5 Å². The first kappa shape index (κ1) is 18.8. The zero-order valence-corrected chi connectivity index (χ0v) is 14.8. The lowest BCUT2D eigenvalue weighted by molar-refractivity contribution is 0.143. The van der Waals surface area contributed by atoms with Crippen molar-refractivity contribution in [1.82, 2.24) is 5.32 Å². The van der Waals surface area contributed by atoms with Gasteiger partial charge in [-0.05, 0) is 50.0 Å². The van der Waals surface area contributed by atoms with E-state index >= 15 is 0 Å². The second-order valence-electron chi connectivity index (χ2n) is 6.78. The quantitative estimate of drug-likeness (QED) is 0.591. The molecule has 1 radical (unpaired) electrons. The molecule has 0 aromatic heterocycles. The third-order valence-corrected chi connectivity index (χ3v) is 4.75. The van der Waals surface area contributed by atoms with E-state index in [9.17, 15) is 4.79 Å². The Bertz CT molecular complexity index is 440. The van der Waals surface area contributed by atoms with Crippen LogP contribution in [0.1, 0.15) is 63.4 Å². The molecule has 0 aliphatic heterocycles. The molecular formula is C21H32NO2. The molecule has 0 heterocycles. The Morgan fingerprint density at radius 3 is 2.71 bits per heavy atom. The highest BCUT2D eigenvalue weighted by atomic mass is 16.5. The molecule has 1 aliphatic rings. The fraction of sp³-hybridized carbons (Fsp3) is 0.619. The van der Waals surface area contributed by atoms with Gasteiger partial charge in [0.1, 0.15) is 0 Å². The minimum Gasteiger partial charge on any atom is -0.450 e. The van der Waals surface area contributed by atoms with Crippen molar-refractivity contribution in [1.29, 1.82) is 0 Å². The molecule has 1 unspecified atom stereocenters. The Kier molecular flexibility index (Phi) is 9.36. The standard InChI is InChI=1S/C21H32NO2/c23-21(22-17-16-20-14-8-4-9-15-20)24-18-10-2-1-5-11-19-12-6-3-7-13-19/h3,6-7,12-14,20H,1-2,4-5,8-11,15-18H2,(H,22,23). The molecule has 1 atom stereocenters. The minimum atomic E-state index is -0.255. The number of alkyl carbamates (subject to hydrolysis) is 1. The number of carbonyl (C=O) groups excluding carboxylic acids is 1. The van der Waals surface area contributed by atoms with Gasteiger partial charge < -0.3 is 10.1 Å². The van der Waals surface area contributed by atoms with E-state index in [1.54, 1.807) is 0 Å². The van der Waals surface area contributed by atoms with Gasteiger partial charge in [0.15, 0.2) is 0 Å². The predicted octanol–water partition coefficient (Wildman–Crippen LogP) is 5.30. The number of hydrogen-bond donors (Lipinski definition) is 1. The molecule has 3 heteroatoms. The van der Waals surface area contributed by atoms with E-state index in [-0.39, 0.29) is 6.09 Å². The molecule has 1 aromatic carbocycles. The van der Waals surface area contributed by atoms with Crippen LogP contribution in [0, 0.1) is 12.3 Å². The van der Waals surface area contributed by atoms with E-state index in [1.165, 1.54) is 44.1 Å². The lowest BCUT2D eigenvalue weighted by atomic mass is 9.87. The van der Waals surface area contributed by atoms with Crippen LogP contribution in [0.3, 0.4) is 0 Å². The maximum absolute atomic E-state index is 11.6. The van der Waals surface area contributed by atoms with Crippen molar-refractivity contribution in [3.63, 3.8) is 0 Å². The number of hydrogen-bond acceptors (Lipinski definition) is 2. The molecule has 3 nitrogen and oxygen atoms in total. The highest BCUT2D eigenvalue weighted by Gasteiger charge is 2.13. The Hall–Kier alpha value is -1.51. The Labute approximate surface area is 147 Å². The summed E-state index contributed by atoms with van der Waals surface area (Å²) in [6, 6.07) is 10.6. The predicted molar refractivity (Wildman–Crippen MR) is 98.8 cm³/mol. The van der Waals surface area contributed by atoms with Gasteiger partial charge in [0.2, 0.25) is 0 Å². The molecule has 1 amide bonds. The number of carbonyl (C=O) groups is 1. The Morgan fingerprint density at radius 1 is 1.08 bits per heavy atom. The number of aryl methyl sites for hydroxylation is 1. The van der Waals surface area contributed by atoms with E-state index in [4.69, 9.17) is 4.74 Å². The number of ether oxygens (including phenoxy) is 1. The minimum absolute atomic E-state index is 0.255. The molecule has 1 saturated carbocycles. The number of benzene rings is 1. The van der Waals surface area contributed by atoms with Crippen molar-refractivity contribution in [2.24, 2.45) is 5.92 Å². The summed E-state index contributed by atoms with van der Waals surface area (Å²) in [5, 5.41) is 2.87. The van der Waals surface area contributed by atoms with E-state index in [1.807, 2.05) is 0 Å². The van der Waals surface area contributed by atoms with Gasteiger partial charge >= 0.3 is 6.09 Å². The number of nitrogens with one attached hydrogen (secondary N) is 1. The highest BCUT2D eigenvalue weighted by molar-refractivity contribution is 5.66. The Morgan fingerprint density at radius 2 is 1.92 bits per heavy atom. The van der Waals surface area contributed by atoms with Gasteiger partial charge in [0.25, 0.3) is 0 Å². The van der Waals surface area contributed by atoms with Crippen LogP contribution in [0.4, 0.5) is 4.79 Å². The first-order valence-corrected chi connectivity index (χ1v) is 9.62. The fourth-order valence-electron chi connectivity index (χ4n) is 3.29. The average Bonchev–Trinajstić information content (AvgIpc) is 2.63. The first-order valence-electron chi connectivity index (χ1n) is 9.62. The lowest BCUT2D eigenvalue weighted by Gasteiger charge is -2.20. The molecule has 1 aromatic rings. The Balaban J connectivity index is 1.38. The summed E-state index contributed by atoms with van der Waals surface area (Å²) in [5.41, 5.74) is 1.41. The maximum Gasteiger partial charge on any atom is 0.407 e. The van der Waals surface area contributed by atoms with Gasteiger partial charge in [-0.15, -0.1) is 0 Å². The first-order chi connectivity index (χ1) is 11.8. The van der Waals surface area contributed by atoms with E-state index < -0.39 is 0 Å². The molecule has 0 spiro atoms. The van der Waals surface area contributed by atoms with Crippen molar-refractivity contribution in [3.05, 3.63) is 42.3 Å². The van der Waals surface area contributed by atoms with Crippen LogP contribution in [0.25, 0.3) is 0 Å². The average molecular weight is 330 g/mol. The number of unbranched alkanes of at least 4 members (excludes halogenated alkanes) is 3. The van der Waals surface area contributed by atoms with E-state index in [2.05, 4.69) is 42.1 Å². The van der Waals surface area contributed by atoms with Crippen LogP contribution >= 0.6 is 0 Å². The molecular weight excluding hydrogens is 298 g/mol. The van der Waals surface area contributed by atoms with Crippen LogP contribution in [-0.2, 0) is 11.2 Å². The smallest absolute Gasteiger partial charge is 0.407 e. The van der Waals surface area contributed by atoms with Gasteiger partial charge in [0, 0.05) is 6.54 Å². The molecule has 1 N–H and O–H groups in total. The topological polar surface area (TPSA) is 38.3 Å². The van der Waals surface area contributed by atoms with Gasteiger partial charge in [-0.3, -0.25) is 0 Å². The lowest BCUT2D eigenvalue weighted by Crippen LogP contribution is -2.27. The van der Waals surface area contributed by atoms with Crippen molar-refractivity contribution < 1.29 is 9.53 Å². The maximum atomic E-state index is 11.6. The van der Waals surface area contributed by atoms with Gasteiger partial charge in [-0.1, -0.05) is 62.4 Å². The van der Waals surface area contributed by atoms with Crippen molar-refractivity contribution in [3.8, 4) is 0 Å². The number of amides is 1. The molecule has 0 saturated heterocycles. The molecule has 24 heavy (non-hydrogen) atoms. The summed E-state index contributed by atoms with van der Waals surface area (Å²) in [7, 11) is 0. The third-order valence-electron chi connectivity index (χ3n) is 4.75. The van der Waals surface area contributed by atoms with Crippen LogP contribution in [0.2, 0.25) is 0 Å². The number of rotatable bonds is 10. The van der Waals surface area contributed by atoms with Crippen LogP contribution in [0.5, 0.6) is 0 Å². The summed E-state index contributed by atoms with van der Waals surface area (Å²) >= 11 is 0. The zero-order valence-electron chi connectivity index (χ0n) is 14.8. The molecule has 0 bridgehead atoms. The molecule has 2 rings (SSSR count). The molecule has 1 fully saturated rings. The van der Waals surface area contributed by atoms with Crippen LogP contribution < -0.4 is 5.32 Å². The summed E-state index contributed by atoms with van der Waals surface area (Å²) in [6.45, 7) is 1.27. The SMILES string of the molecule is O=C(NCCC1[CH]CCCC1)OCCCCCCc1ccccc1. The summed E-state index contributed by atoms with van der Waals surface area (Å²) in [5.74, 6) is 0.684. The molecule has 133 valence electrons. The van der Waals surface area contributed by atoms with E-state index in [0.717, 1.165) is 32.2 Å². The summed E-state index contributed by atoms with van der Waals surface area (Å²) < 4.78 is 5.24. The van der Waals surface area contributed by atoms with Crippen LogP contribution in [-0.4, -0.2) is 19.2 Å². The summed E-state index contributed by atoms with van der Waals surface area (Å²) in [6.07, 6.45) is 14.0. The second-order valence-corrected chi connectivity index (χ2v) is 6.78. The van der Waals surface area contributed by atoms with Crippen molar-refractivity contribution in [2.75, 3.05) is 13.2 Å². The fourth-order valence-corrected chi connectivity index (χ4v) is 3.29. The normalized spacial score (nSPS) is 15.2. The third kappa shape index (κ3) is 8.37. The van der Waals surface area contributed by atoms with Gasteiger partial charge in [-0.25, -0.2) is 4.79 Å². The second kappa shape index (κ2) is 11.9. The van der Waals surface area contributed by atoms with Crippen LogP contribution in [0.15, 0.2) is 30.3 Å². The highest BCUT2D eigenvalue weighted by Crippen LogP contribution is 2.24. The largest absolute Gasteiger partial charge is 0.450 e. The van der Waals surface area contributed by atoms with Gasteiger partial charge in [-0.2, -0.15) is 0 Å². The van der Waals surface area contributed by atoms with Crippen molar-refractivity contribution in [2.45, 2.75) is 64.2 Å². The zero-order chi connectivity index (χ0) is 16.9. The monoisotopic (exact) mass is 330 g/mol. The molecule has 1 aliphatic carbocycles. The summed E-state index contributed by atoms with van der Waals surface area (Å²) in [4.78, 5) is 11.6.